The number of pyridine rings is 1. The fraction of sp³-hybridized carbons (Fsp3) is 0.130. The van der Waals surface area contributed by atoms with Gasteiger partial charge < -0.3 is 10.1 Å². The summed E-state index contributed by atoms with van der Waals surface area (Å²) in [6.45, 7) is 3.98. The quantitative estimate of drug-likeness (QED) is 0.626. The lowest BCUT2D eigenvalue weighted by Crippen LogP contribution is -2.24. The van der Waals surface area contributed by atoms with Crippen LogP contribution in [0.1, 0.15) is 29.7 Å². The number of ether oxygens (including phenoxy) is 1. The molecule has 0 aliphatic heterocycles. The van der Waals surface area contributed by atoms with Crippen LogP contribution in [0, 0.1) is 6.92 Å². The zero-order chi connectivity index (χ0) is 19.1. The molecule has 0 saturated carbocycles. The molecule has 0 aliphatic carbocycles. The molecule has 0 radical (unpaired) electrons. The van der Waals surface area contributed by atoms with Crippen molar-refractivity contribution in [3.63, 3.8) is 0 Å². The highest BCUT2D eigenvalue weighted by molar-refractivity contribution is 5.91. The predicted octanol–water partition coefficient (Wildman–Crippen LogP) is 5.07. The number of carbonyl (C=O) groups is 1. The van der Waals surface area contributed by atoms with Crippen LogP contribution in [0.4, 0.5) is 0 Å². The van der Waals surface area contributed by atoms with E-state index in [-0.39, 0.29) is 11.9 Å². The highest BCUT2D eigenvalue weighted by Crippen LogP contribution is 2.24. The third-order valence-corrected chi connectivity index (χ3v) is 4.09. The molecule has 0 saturated heterocycles. The van der Waals surface area contributed by atoms with E-state index in [1.54, 1.807) is 18.5 Å². The SMILES string of the molecule is Cc1ccc(/C=C/C(=O)NC(C)c2cccc(Oc3cccnc3)c2)cc1. The summed E-state index contributed by atoms with van der Waals surface area (Å²) in [5, 5.41) is 2.98. The van der Waals surface area contributed by atoms with Gasteiger partial charge in [0.05, 0.1) is 12.2 Å². The minimum absolute atomic E-state index is 0.137. The Labute approximate surface area is 159 Å². The van der Waals surface area contributed by atoms with E-state index in [0.717, 1.165) is 11.1 Å². The molecule has 4 heteroatoms. The van der Waals surface area contributed by atoms with Crippen molar-refractivity contribution >= 4 is 12.0 Å². The monoisotopic (exact) mass is 358 g/mol. The summed E-state index contributed by atoms with van der Waals surface area (Å²) in [6.07, 6.45) is 6.72. The van der Waals surface area contributed by atoms with Gasteiger partial charge >= 0.3 is 0 Å². The van der Waals surface area contributed by atoms with Crippen LogP contribution in [-0.2, 0) is 4.79 Å². The number of carbonyl (C=O) groups excluding carboxylic acids is 1. The molecule has 1 aromatic heterocycles. The molecule has 0 bridgehead atoms. The standard InChI is InChI=1S/C23H22N2O2/c1-17-8-10-19(11-9-17)12-13-23(26)25-18(2)20-5-3-6-21(15-20)27-22-7-4-14-24-16-22/h3-16,18H,1-2H3,(H,25,26)/b13-12+. The van der Waals surface area contributed by atoms with Crippen molar-refractivity contribution in [3.05, 3.63) is 95.8 Å². The summed E-state index contributed by atoms with van der Waals surface area (Å²) in [5.41, 5.74) is 3.15. The molecule has 1 amide bonds. The normalized spacial score (nSPS) is 11.9. The second kappa shape index (κ2) is 8.81. The molecular weight excluding hydrogens is 336 g/mol. The largest absolute Gasteiger partial charge is 0.456 e. The molecule has 1 unspecified atom stereocenters. The minimum atomic E-state index is -0.141. The molecule has 136 valence electrons. The Morgan fingerprint density at radius 2 is 1.85 bits per heavy atom. The first-order chi connectivity index (χ1) is 13.1. The number of hydrogen-bond donors (Lipinski definition) is 1. The highest BCUT2D eigenvalue weighted by Gasteiger charge is 2.09. The zero-order valence-corrected chi connectivity index (χ0v) is 15.4. The maximum Gasteiger partial charge on any atom is 0.244 e. The van der Waals surface area contributed by atoms with E-state index < -0.39 is 0 Å². The molecule has 27 heavy (non-hydrogen) atoms. The van der Waals surface area contributed by atoms with Crippen molar-refractivity contribution in [1.82, 2.24) is 10.3 Å². The van der Waals surface area contributed by atoms with Gasteiger partial charge in [0.15, 0.2) is 0 Å². The van der Waals surface area contributed by atoms with E-state index in [2.05, 4.69) is 10.3 Å². The van der Waals surface area contributed by atoms with Crippen molar-refractivity contribution in [2.45, 2.75) is 19.9 Å². The number of hydrogen-bond acceptors (Lipinski definition) is 3. The number of amides is 1. The van der Waals surface area contributed by atoms with Crippen LogP contribution in [0.5, 0.6) is 11.5 Å². The molecule has 4 nitrogen and oxygen atoms in total. The van der Waals surface area contributed by atoms with Crippen molar-refractivity contribution in [3.8, 4) is 11.5 Å². The third-order valence-electron chi connectivity index (χ3n) is 4.09. The zero-order valence-electron chi connectivity index (χ0n) is 15.4. The lowest BCUT2D eigenvalue weighted by molar-refractivity contribution is -0.117. The van der Waals surface area contributed by atoms with Crippen LogP contribution >= 0.6 is 0 Å². The summed E-state index contributed by atoms with van der Waals surface area (Å²) in [7, 11) is 0. The van der Waals surface area contributed by atoms with E-state index in [9.17, 15) is 4.79 Å². The lowest BCUT2D eigenvalue weighted by atomic mass is 10.1. The molecule has 0 fully saturated rings. The number of aryl methyl sites for hydroxylation is 1. The van der Waals surface area contributed by atoms with Gasteiger partial charge in [-0.15, -0.1) is 0 Å². The maximum atomic E-state index is 12.2. The Hall–Kier alpha value is -3.40. The van der Waals surface area contributed by atoms with Gasteiger partial charge in [-0.25, -0.2) is 0 Å². The summed E-state index contributed by atoms with van der Waals surface area (Å²) in [6, 6.07) is 19.2. The number of nitrogens with one attached hydrogen (secondary N) is 1. The molecule has 2 aromatic carbocycles. The third kappa shape index (κ3) is 5.54. The minimum Gasteiger partial charge on any atom is -0.456 e. The van der Waals surface area contributed by atoms with Gasteiger partial charge in [0.2, 0.25) is 5.91 Å². The number of rotatable bonds is 6. The predicted molar refractivity (Wildman–Crippen MR) is 108 cm³/mol. The van der Waals surface area contributed by atoms with Crippen molar-refractivity contribution in [2.75, 3.05) is 0 Å². The molecule has 1 heterocycles. The number of benzene rings is 2. The average molecular weight is 358 g/mol. The van der Waals surface area contributed by atoms with Gasteiger partial charge in [0.1, 0.15) is 11.5 Å². The maximum absolute atomic E-state index is 12.2. The Bertz CT molecular complexity index is 919. The molecule has 0 aliphatic rings. The van der Waals surface area contributed by atoms with Crippen LogP contribution in [0.3, 0.4) is 0 Å². The van der Waals surface area contributed by atoms with Gasteiger partial charge in [0, 0.05) is 12.3 Å². The van der Waals surface area contributed by atoms with Crippen LogP contribution in [-0.4, -0.2) is 10.9 Å². The fourth-order valence-electron chi connectivity index (χ4n) is 2.59. The van der Waals surface area contributed by atoms with Crippen molar-refractivity contribution in [2.24, 2.45) is 0 Å². The Morgan fingerprint density at radius 1 is 1.07 bits per heavy atom. The van der Waals surface area contributed by atoms with Crippen molar-refractivity contribution < 1.29 is 9.53 Å². The number of nitrogens with zero attached hydrogens (tertiary/aromatic N) is 1. The second-order valence-corrected chi connectivity index (χ2v) is 6.34. The summed E-state index contributed by atoms with van der Waals surface area (Å²) in [4.78, 5) is 16.2. The first-order valence-corrected chi connectivity index (χ1v) is 8.83. The van der Waals surface area contributed by atoms with Gasteiger partial charge in [-0.2, -0.15) is 0 Å². The highest BCUT2D eigenvalue weighted by atomic mass is 16.5. The lowest BCUT2D eigenvalue weighted by Gasteiger charge is -2.14. The first-order valence-electron chi connectivity index (χ1n) is 8.83. The van der Waals surface area contributed by atoms with Gasteiger partial charge in [-0.05, 0) is 55.3 Å². The topological polar surface area (TPSA) is 51.2 Å². The van der Waals surface area contributed by atoms with Crippen LogP contribution in [0.25, 0.3) is 6.08 Å². The average Bonchev–Trinajstić information content (AvgIpc) is 2.68. The van der Waals surface area contributed by atoms with Crippen LogP contribution in [0.15, 0.2) is 79.1 Å². The summed E-state index contributed by atoms with van der Waals surface area (Å²) >= 11 is 0. The van der Waals surface area contributed by atoms with Gasteiger partial charge in [-0.3, -0.25) is 9.78 Å². The van der Waals surface area contributed by atoms with Crippen LogP contribution < -0.4 is 10.1 Å². The van der Waals surface area contributed by atoms with Gasteiger partial charge in [-0.1, -0.05) is 42.0 Å². The molecular formula is C23H22N2O2. The van der Waals surface area contributed by atoms with Gasteiger partial charge in [0.25, 0.3) is 0 Å². The molecule has 3 aromatic rings. The second-order valence-electron chi connectivity index (χ2n) is 6.34. The van der Waals surface area contributed by atoms with E-state index >= 15 is 0 Å². The number of aromatic nitrogens is 1. The van der Waals surface area contributed by atoms with Crippen molar-refractivity contribution in [1.29, 1.82) is 0 Å². The Morgan fingerprint density at radius 3 is 2.59 bits per heavy atom. The van der Waals surface area contributed by atoms with Crippen LogP contribution in [0.2, 0.25) is 0 Å². The van der Waals surface area contributed by atoms with E-state index in [1.165, 1.54) is 5.56 Å². The first kappa shape index (κ1) is 18.4. The molecule has 1 N–H and O–H groups in total. The van der Waals surface area contributed by atoms with E-state index in [1.807, 2.05) is 80.6 Å². The van der Waals surface area contributed by atoms with E-state index in [4.69, 9.17) is 4.74 Å². The molecule has 1 atom stereocenters. The molecule has 0 spiro atoms. The summed E-state index contributed by atoms with van der Waals surface area (Å²) < 4.78 is 5.80. The smallest absolute Gasteiger partial charge is 0.244 e. The summed E-state index contributed by atoms with van der Waals surface area (Å²) in [5.74, 6) is 1.24. The Kier molecular flexibility index (Phi) is 6.00. The fourth-order valence-corrected chi connectivity index (χ4v) is 2.59. The Balaban J connectivity index is 1.61. The van der Waals surface area contributed by atoms with E-state index in [0.29, 0.717) is 11.5 Å². The molecule has 3 rings (SSSR count).